The number of azide groups is 1. The van der Waals surface area contributed by atoms with Gasteiger partial charge in [-0.3, -0.25) is 4.79 Å². The van der Waals surface area contributed by atoms with E-state index in [0.717, 1.165) is 32.1 Å². The second-order valence-corrected chi connectivity index (χ2v) is 14.2. The summed E-state index contributed by atoms with van der Waals surface area (Å²) in [6.07, 6.45) is 8.05. The molecular formula is C20H40N4O2Si. The number of carbonyl (C=O) groups is 1. The van der Waals surface area contributed by atoms with Gasteiger partial charge >= 0.3 is 0 Å². The van der Waals surface area contributed by atoms with Crippen LogP contribution in [0.15, 0.2) is 5.11 Å². The molecule has 0 radical (unpaired) electrons. The van der Waals surface area contributed by atoms with Crippen molar-refractivity contribution in [1.29, 1.82) is 0 Å². The Hall–Kier alpha value is -1.04. The topological polar surface area (TPSA) is 87.1 Å². The first-order valence-electron chi connectivity index (χ1n) is 10.6. The van der Waals surface area contributed by atoms with E-state index in [1.54, 1.807) is 0 Å². The van der Waals surface area contributed by atoms with E-state index in [1.807, 2.05) is 0 Å². The van der Waals surface area contributed by atoms with Gasteiger partial charge in [-0.1, -0.05) is 71.3 Å². The van der Waals surface area contributed by atoms with Crippen molar-refractivity contribution in [2.75, 3.05) is 6.54 Å². The van der Waals surface area contributed by atoms with Gasteiger partial charge in [0, 0.05) is 11.5 Å². The van der Waals surface area contributed by atoms with Gasteiger partial charge in [-0.25, -0.2) is 0 Å². The van der Waals surface area contributed by atoms with E-state index in [9.17, 15) is 4.79 Å². The lowest BCUT2D eigenvalue weighted by atomic mass is 9.84. The lowest BCUT2D eigenvalue weighted by molar-refractivity contribution is -0.129. The van der Waals surface area contributed by atoms with Crippen LogP contribution >= 0.6 is 0 Å². The highest BCUT2D eigenvalue weighted by Crippen LogP contribution is 2.39. The zero-order valence-corrected chi connectivity index (χ0v) is 19.3. The van der Waals surface area contributed by atoms with Crippen LogP contribution in [-0.2, 0) is 9.22 Å². The maximum absolute atomic E-state index is 13.0. The van der Waals surface area contributed by atoms with Gasteiger partial charge < -0.3 is 9.74 Å². The molecule has 0 heterocycles. The third kappa shape index (κ3) is 7.84. The number of nitrogens with one attached hydrogen (secondary N) is 1. The molecule has 7 heteroatoms. The van der Waals surface area contributed by atoms with Crippen LogP contribution in [0.3, 0.4) is 0 Å². The molecule has 0 aromatic heterocycles. The molecule has 6 nitrogen and oxygen atoms in total. The molecule has 1 aliphatic carbocycles. The van der Waals surface area contributed by atoms with Gasteiger partial charge in [-0.15, -0.1) is 0 Å². The Labute approximate surface area is 166 Å². The summed E-state index contributed by atoms with van der Waals surface area (Å²) in [7, 11) is -2.18. The first-order chi connectivity index (χ1) is 12.6. The molecule has 0 bridgehead atoms. The average molecular weight is 397 g/mol. The van der Waals surface area contributed by atoms with Crippen molar-refractivity contribution in [2.24, 2.45) is 11.0 Å². The minimum absolute atomic E-state index is 0.0132. The van der Waals surface area contributed by atoms with Crippen LogP contribution in [0.1, 0.15) is 79.1 Å². The van der Waals surface area contributed by atoms with Crippen molar-refractivity contribution in [3.05, 3.63) is 10.4 Å². The van der Waals surface area contributed by atoms with Gasteiger partial charge in [0.25, 0.3) is 0 Å². The van der Waals surface area contributed by atoms with E-state index in [2.05, 4.69) is 56.1 Å². The van der Waals surface area contributed by atoms with Crippen molar-refractivity contribution in [3.8, 4) is 0 Å². The van der Waals surface area contributed by atoms with Crippen LogP contribution < -0.4 is 5.32 Å². The molecule has 1 saturated carbocycles. The minimum atomic E-state index is -2.18. The predicted octanol–water partition coefficient (Wildman–Crippen LogP) is 5.94. The molecule has 0 aromatic carbocycles. The van der Waals surface area contributed by atoms with Gasteiger partial charge in [0.05, 0.1) is 6.04 Å². The smallest absolute Gasteiger partial charge is 0.248 e. The van der Waals surface area contributed by atoms with Gasteiger partial charge in [-0.2, -0.15) is 0 Å². The van der Waals surface area contributed by atoms with Crippen molar-refractivity contribution in [3.63, 3.8) is 0 Å². The lowest BCUT2D eigenvalue weighted by Crippen LogP contribution is -2.53. The van der Waals surface area contributed by atoms with Crippen LogP contribution in [0.2, 0.25) is 18.1 Å². The molecule has 1 amide bonds. The fourth-order valence-electron chi connectivity index (χ4n) is 3.35. The number of hydrogen-bond donors (Lipinski definition) is 1. The highest BCUT2D eigenvalue weighted by Gasteiger charge is 2.43. The second kappa shape index (κ2) is 11.1. The Bertz CT molecular complexity index is 507. The van der Waals surface area contributed by atoms with Crippen LogP contribution in [0, 0.1) is 5.92 Å². The summed E-state index contributed by atoms with van der Waals surface area (Å²) in [5.74, 6) is 0.393. The normalized spacial score (nSPS) is 18.4. The fourth-order valence-corrected chi connectivity index (χ4v) is 4.60. The van der Waals surface area contributed by atoms with Crippen LogP contribution in [0.4, 0.5) is 0 Å². The fraction of sp³-hybridized carbons (Fsp3) is 0.950. The Morgan fingerprint density at radius 1 is 1.30 bits per heavy atom. The molecule has 1 rings (SSSR count). The summed E-state index contributed by atoms with van der Waals surface area (Å²) in [6.45, 7) is 13.5. The first-order valence-corrected chi connectivity index (χ1v) is 13.5. The lowest BCUT2D eigenvalue weighted by Gasteiger charge is -2.40. The Balaban J connectivity index is 3.02. The van der Waals surface area contributed by atoms with Crippen molar-refractivity contribution in [2.45, 2.75) is 109 Å². The molecule has 1 fully saturated rings. The Kier molecular flexibility index (Phi) is 9.85. The number of unbranched alkanes of at least 4 members (excludes halogenated alkanes) is 1. The van der Waals surface area contributed by atoms with Gasteiger partial charge in [0.15, 0.2) is 8.32 Å². The summed E-state index contributed by atoms with van der Waals surface area (Å²) in [5.41, 5.74) is 9.15. The zero-order valence-electron chi connectivity index (χ0n) is 18.3. The summed E-state index contributed by atoms with van der Waals surface area (Å²) in [5, 5.41) is 7.05. The van der Waals surface area contributed by atoms with E-state index in [4.69, 9.17) is 9.96 Å². The number of nitrogens with zero attached hydrogens (tertiary/aromatic N) is 3. The third-order valence-corrected chi connectivity index (χ3v) is 10.6. The molecule has 27 heavy (non-hydrogen) atoms. The molecular weight excluding hydrogens is 356 g/mol. The maximum Gasteiger partial charge on any atom is 0.248 e. The Morgan fingerprint density at radius 2 is 1.93 bits per heavy atom. The highest BCUT2D eigenvalue weighted by molar-refractivity contribution is 6.74. The second-order valence-electron chi connectivity index (χ2n) is 9.46. The zero-order chi connectivity index (χ0) is 20.5. The number of amides is 1. The summed E-state index contributed by atoms with van der Waals surface area (Å²) in [4.78, 5) is 16.1. The minimum Gasteiger partial charge on any atom is -0.405 e. The Morgan fingerprint density at radius 3 is 2.44 bits per heavy atom. The molecule has 0 aliphatic heterocycles. The van der Waals surface area contributed by atoms with Gasteiger partial charge in [-0.05, 0) is 42.4 Å². The largest absolute Gasteiger partial charge is 0.405 e. The summed E-state index contributed by atoms with van der Waals surface area (Å²) < 4.78 is 6.51. The molecule has 2 atom stereocenters. The summed E-state index contributed by atoms with van der Waals surface area (Å²) >= 11 is 0. The quantitative estimate of drug-likeness (QED) is 0.163. The average Bonchev–Trinajstić information content (AvgIpc) is 2.59. The van der Waals surface area contributed by atoms with E-state index >= 15 is 0 Å². The highest BCUT2D eigenvalue weighted by atomic mass is 28.4. The molecule has 1 aliphatic rings. The van der Waals surface area contributed by atoms with E-state index in [-0.39, 0.29) is 10.9 Å². The first kappa shape index (κ1) is 24.0. The van der Waals surface area contributed by atoms with Crippen LogP contribution in [0.25, 0.3) is 10.4 Å². The molecule has 0 saturated heterocycles. The SMILES string of the molecule is CCCCNC(=O)[C@H](O[Si](C)(C)C(C)(C)C)[C@H](CC1CCCCC1)N=[N+]=[N-]. The van der Waals surface area contributed by atoms with Crippen molar-refractivity contribution < 1.29 is 9.22 Å². The standard InChI is InChI=1S/C20H40N4O2Si/c1-7-8-14-22-19(25)18(26-27(5,6)20(2,3)4)17(23-24-21)15-16-12-10-9-11-13-16/h16-18H,7-15H2,1-6H3,(H,22,25)/t17-,18+/m0/s1. The van der Waals surface area contributed by atoms with Gasteiger partial charge in [0.2, 0.25) is 5.91 Å². The van der Waals surface area contributed by atoms with Crippen LogP contribution in [-0.4, -0.2) is 32.9 Å². The van der Waals surface area contributed by atoms with Gasteiger partial charge in [0.1, 0.15) is 6.10 Å². The predicted molar refractivity (Wildman–Crippen MR) is 114 cm³/mol. The maximum atomic E-state index is 13.0. The number of carbonyl (C=O) groups excluding carboxylic acids is 1. The third-order valence-electron chi connectivity index (χ3n) is 6.16. The molecule has 0 spiro atoms. The number of rotatable bonds is 10. The van der Waals surface area contributed by atoms with Crippen molar-refractivity contribution in [1.82, 2.24) is 5.32 Å². The van der Waals surface area contributed by atoms with E-state index in [0.29, 0.717) is 12.5 Å². The number of hydrogen-bond acceptors (Lipinski definition) is 3. The van der Waals surface area contributed by atoms with E-state index < -0.39 is 20.5 Å². The van der Waals surface area contributed by atoms with Crippen LogP contribution in [0.5, 0.6) is 0 Å². The summed E-state index contributed by atoms with van der Waals surface area (Å²) in [6, 6.07) is -0.436. The molecule has 156 valence electrons. The monoisotopic (exact) mass is 396 g/mol. The van der Waals surface area contributed by atoms with Crippen molar-refractivity contribution >= 4 is 14.2 Å². The van der Waals surface area contributed by atoms with E-state index in [1.165, 1.54) is 19.3 Å². The molecule has 1 N–H and O–H groups in total. The molecule has 0 unspecified atom stereocenters. The molecule has 0 aromatic rings.